The molecule has 1 aliphatic heterocycles. The van der Waals surface area contributed by atoms with E-state index in [4.69, 9.17) is 15.2 Å². The molecule has 126 valence electrons. The van der Waals surface area contributed by atoms with Crippen LogP contribution in [0.25, 0.3) is 0 Å². The highest BCUT2D eigenvalue weighted by Crippen LogP contribution is 2.39. The van der Waals surface area contributed by atoms with Crippen LogP contribution >= 0.6 is 0 Å². The lowest BCUT2D eigenvalue weighted by molar-refractivity contribution is 0.0734. The van der Waals surface area contributed by atoms with Gasteiger partial charge in [-0.2, -0.15) is 0 Å². The highest BCUT2D eigenvalue weighted by molar-refractivity contribution is 5.95. The average molecular weight is 326 g/mol. The summed E-state index contributed by atoms with van der Waals surface area (Å²) < 4.78 is 10.8. The van der Waals surface area contributed by atoms with Gasteiger partial charge >= 0.3 is 0 Å². The van der Waals surface area contributed by atoms with Crippen molar-refractivity contribution in [1.82, 2.24) is 4.90 Å². The number of nitrogen functional groups attached to an aromatic ring is 1. The van der Waals surface area contributed by atoms with Gasteiger partial charge in [0.05, 0.1) is 20.3 Å². The number of benzene rings is 2. The highest BCUT2D eigenvalue weighted by Gasteiger charge is 2.32. The van der Waals surface area contributed by atoms with Gasteiger partial charge in [0.25, 0.3) is 5.91 Å². The zero-order valence-electron chi connectivity index (χ0n) is 14.0. The summed E-state index contributed by atoms with van der Waals surface area (Å²) in [5.41, 5.74) is 8.03. The first kappa shape index (κ1) is 16.2. The van der Waals surface area contributed by atoms with E-state index in [0.717, 1.165) is 36.4 Å². The molecule has 0 radical (unpaired) electrons. The summed E-state index contributed by atoms with van der Waals surface area (Å²) >= 11 is 0. The summed E-state index contributed by atoms with van der Waals surface area (Å²) in [6.45, 7) is 0.739. The van der Waals surface area contributed by atoms with Gasteiger partial charge in [0.15, 0.2) is 0 Å². The van der Waals surface area contributed by atoms with Crippen molar-refractivity contribution in [2.45, 2.75) is 18.9 Å². The normalized spacial score (nSPS) is 16.9. The number of ether oxygens (including phenoxy) is 2. The minimum absolute atomic E-state index is 0.0101. The number of carbonyl (C=O) groups is 1. The van der Waals surface area contributed by atoms with Crippen LogP contribution in [-0.2, 0) is 0 Å². The van der Waals surface area contributed by atoms with Crippen LogP contribution in [0.2, 0.25) is 0 Å². The SMILES string of the molecule is COc1ccc(C2CCCN2C(=O)c2ccc(N)cc2)c(OC)c1. The van der Waals surface area contributed by atoms with E-state index in [0.29, 0.717) is 11.3 Å². The van der Waals surface area contributed by atoms with Crippen molar-refractivity contribution in [2.75, 3.05) is 26.5 Å². The van der Waals surface area contributed by atoms with Crippen molar-refractivity contribution >= 4 is 11.6 Å². The third-order valence-corrected chi connectivity index (χ3v) is 4.47. The number of nitrogens with zero attached hydrogens (tertiary/aromatic N) is 1. The number of anilines is 1. The van der Waals surface area contributed by atoms with E-state index in [1.165, 1.54) is 0 Å². The van der Waals surface area contributed by atoms with Crippen LogP contribution in [0, 0.1) is 0 Å². The van der Waals surface area contributed by atoms with Crippen LogP contribution in [0.4, 0.5) is 5.69 Å². The smallest absolute Gasteiger partial charge is 0.254 e. The van der Waals surface area contributed by atoms with Gasteiger partial charge in [0.1, 0.15) is 11.5 Å². The topological polar surface area (TPSA) is 64.8 Å². The monoisotopic (exact) mass is 326 g/mol. The Morgan fingerprint density at radius 3 is 2.54 bits per heavy atom. The summed E-state index contributed by atoms with van der Waals surface area (Å²) in [5.74, 6) is 1.51. The van der Waals surface area contributed by atoms with E-state index in [-0.39, 0.29) is 11.9 Å². The third kappa shape index (κ3) is 3.02. The lowest BCUT2D eigenvalue weighted by atomic mass is 10.0. The second-order valence-electron chi connectivity index (χ2n) is 5.89. The second kappa shape index (κ2) is 6.83. The zero-order valence-corrected chi connectivity index (χ0v) is 14.0. The van der Waals surface area contributed by atoms with Gasteiger partial charge in [0, 0.05) is 29.4 Å². The summed E-state index contributed by atoms with van der Waals surface area (Å²) in [6, 6.07) is 12.8. The molecule has 1 aliphatic rings. The molecular weight excluding hydrogens is 304 g/mol. The zero-order chi connectivity index (χ0) is 17.1. The van der Waals surface area contributed by atoms with Crippen molar-refractivity contribution in [3.63, 3.8) is 0 Å². The van der Waals surface area contributed by atoms with Crippen molar-refractivity contribution in [2.24, 2.45) is 0 Å². The molecular formula is C19H22N2O3. The number of likely N-dealkylation sites (tertiary alicyclic amines) is 1. The quantitative estimate of drug-likeness (QED) is 0.876. The Hall–Kier alpha value is -2.69. The first-order valence-corrected chi connectivity index (χ1v) is 8.02. The van der Waals surface area contributed by atoms with E-state index in [2.05, 4.69) is 0 Å². The standard InChI is InChI=1S/C19H22N2O3/c1-23-15-9-10-16(18(12-15)24-2)17-4-3-11-21(17)19(22)13-5-7-14(20)8-6-13/h5-10,12,17H,3-4,11,20H2,1-2H3. The molecule has 0 aliphatic carbocycles. The molecule has 5 nitrogen and oxygen atoms in total. The van der Waals surface area contributed by atoms with Gasteiger partial charge in [-0.1, -0.05) is 0 Å². The molecule has 24 heavy (non-hydrogen) atoms. The molecule has 5 heteroatoms. The number of methoxy groups -OCH3 is 2. The molecule has 0 aromatic heterocycles. The van der Waals surface area contributed by atoms with Gasteiger partial charge in [-0.15, -0.1) is 0 Å². The van der Waals surface area contributed by atoms with Gasteiger partial charge in [-0.3, -0.25) is 4.79 Å². The number of carbonyl (C=O) groups excluding carboxylic acids is 1. The average Bonchev–Trinajstić information content (AvgIpc) is 3.10. The van der Waals surface area contributed by atoms with E-state index < -0.39 is 0 Å². The first-order chi connectivity index (χ1) is 11.6. The van der Waals surface area contributed by atoms with Crippen LogP contribution in [0.1, 0.15) is 34.8 Å². The molecule has 0 spiro atoms. The van der Waals surface area contributed by atoms with Gasteiger partial charge in [0.2, 0.25) is 0 Å². The maximum absolute atomic E-state index is 12.9. The molecule has 0 saturated carbocycles. The number of amides is 1. The van der Waals surface area contributed by atoms with Crippen LogP contribution in [0.3, 0.4) is 0 Å². The number of hydrogen-bond donors (Lipinski definition) is 1. The lowest BCUT2D eigenvalue weighted by Crippen LogP contribution is -2.30. The molecule has 1 heterocycles. The fraction of sp³-hybridized carbons (Fsp3) is 0.316. The highest BCUT2D eigenvalue weighted by atomic mass is 16.5. The van der Waals surface area contributed by atoms with E-state index in [9.17, 15) is 4.79 Å². The second-order valence-corrected chi connectivity index (χ2v) is 5.89. The molecule has 2 N–H and O–H groups in total. The first-order valence-electron chi connectivity index (χ1n) is 8.02. The van der Waals surface area contributed by atoms with Gasteiger partial charge in [-0.05, 0) is 49.2 Å². The van der Waals surface area contributed by atoms with Crippen LogP contribution in [-0.4, -0.2) is 31.6 Å². The Bertz CT molecular complexity index is 728. The number of rotatable bonds is 4. The predicted octanol–water partition coefficient (Wildman–Crippen LogP) is 3.26. The van der Waals surface area contributed by atoms with Crippen LogP contribution in [0.5, 0.6) is 11.5 Å². The summed E-state index contributed by atoms with van der Waals surface area (Å²) in [7, 11) is 3.26. The fourth-order valence-electron chi connectivity index (χ4n) is 3.22. The Balaban J connectivity index is 1.90. The Kier molecular flexibility index (Phi) is 4.60. The third-order valence-electron chi connectivity index (χ3n) is 4.47. The Morgan fingerprint density at radius 1 is 1.12 bits per heavy atom. The molecule has 1 unspecified atom stereocenters. The van der Waals surface area contributed by atoms with Gasteiger partial charge < -0.3 is 20.1 Å². The molecule has 2 aromatic rings. The van der Waals surface area contributed by atoms with Crippen molar-refractivity contribution in [3.8, 4) is 11.5 Å². The predicted molar refractivity (Wildman–Crippen MR) is 93.4 cm³/mol. The van der Waals surface area contributed by atoms with Crippen molar-refractivity contribution in [1.29, 1.82) is 0 Å². The lowest BCUT2D eigenvalue weighted by Gasteiger charge is -2.26. The van der Waals surface area contributed by atoms with E-state index in [1.54, 1.807) is 38.5 Å². The van der Waals surface area contributed by atoms with E-state index in [1.807, 2.05) is 23.1 Å². The summed E-state index contributed by atoms with van der Waals surface area (Å²) in [6.07, 6.45) is 1.89. The summed E-state index contributed by atoms with van der Waals surface area (Å²) in [5, 5.41) is 0. The van der Waals surface area contributed by atoms with Crippen LogP contribution in [0.15, 0.2) is 42.5 Å². The number of hydrogen-bond acceptors (Lipinski definition) is 4. The van der Waals surface area contributed by atoms with E-state index >= 15 is 0 Å². The molecule has 1 fully saturated rings. The van der Waals surface area contributed by atoms with Crippen molar-refractivity contribution < 1.29 is 14.3 Å². The van der Waals surface area contributed by atoms with Crippen molar-refractivity contribution in [3.05, 3.63) is 53.6 Å². The molecule has 3 rings (SSSR count). The van der Waals surface area contributed by atoms with Crippen LogP contribution < -0.4 is 15.2 Å². The largest absolute Gasteiger partial charge is 0.497 e. The Labute approximate surface area is 142 Å². The molecule has 1 atom stereocenters. The Morgan fingerprint density at radius 2 is 1.88 bits per heavy atom. The minimum Gasteiger partial charge on any atom is -0.497 e. The molecule has 1 amide bonds. The molecule has 2 aromatic carbocycles. The summed E-state index contributed by atoms with van der Waals surface area (Å²) in [4.78, 5) is 14.8. The molecule has 1 saturated heterocycles. The maximum Gasteiger partial charge on any atom is 0.254 e. The molecule has 0 bridgehead atoms. The minimum atomic E-state index is 0.0101. The van der Waals surface area contributed by atoms with Gasteiger partial charge in [-0.25, -0.2) is 0 Å². The maximum atomic E-state index is 12.9. The number of nitrogens with two attached hydrogens (primary N) is 1. The fourth-order valence-corrected chi connectivity index (χ4v) is 3.22.